The highest BCUT2D eigenvalue weighted by atomic mass is 16.6. The molecule has 0 radical (unpaired) electrons. The van der Waals surface area contributed by atoms with Crippen molar-refractivity contribution in [2.45, 2.75) is 51.3 Å². The molecule has 8 N–H and O–H groups in total. The number of rotatable bonds is 12. The quantitative estimate of drug-likeness (QED) is 0.185. The predicted octanol–water partition coefficient (Wildman–Crippen LogP) is 1.67. The summed E-state index contributed by atoms with van der Waals surface area (Å²) < 4.78 is 10.1. The molecule has 0 fully saturated rings. The molecule has 2 unspecified atom stereocenters. The molecule has 3 aromatic rings. The zero-order chi connectivity index (χ0) is 30.5. The van der Waals surface area contributed by atoms with Crippen molar-refractivity contribution in [3.63, 3.8) is 0 Å². The number of nitrogens with zero attached hydrogens (tertiary/aromatic N) is 5. The van der Waals surface area contributed by atoms with Crippen LogP contribution in [-0.2, 0) is 25.9 Å². The zero-order valence-corrected chi connectivity index (χ0v) is 24.3. The van der Waals surface area contributed by atoms with Crippen LogP contribution in [0.5, 0.6) is 0 Å². The van der Waals surface area contributed by atoms with Crippen molar-refractivity contribution in [3.05, 3.63) is 47.6 Å². The van der Waals surface area contributed by atoms with E-state index in [0.29, 0.717) is 48.1 Å². The molecule has 0 saturated heterocycles. The first-order valence-corrected chi connectivity index (χ1v) is 13.1. The van der Waals surface area contributed by atoms with Gasteiger partial charge in [-0.05, 0) is 39.7 Å². The summed E-state index contributed by atoms with van der Waals surface area (Å²) in [4.78, 5) is 44.5. The van der Waals surface area contributed by atoms with Crippen molar-refractivity contribution < 1.29 is 24.2 Å². The molecule has 41 heavy (non-hydrogen) atoms. The summed E-state index contributed by atoms with van der Waals surface area (Å²) in [6, 6.07) is 0.765. The minimum atomic E-state index is -1.13. The summed E-state index contributed by atoms with van der Waals surface area (Å²) in [5, 5.41) is 17.9. The van der Waals surface area contributed by atoms with E-state index in [1.165, 1.54) is 4.57 Å². The number of aromatic carboxylic acids is 1. The van der Waals surface area contributed by atoms with E-state index in [1.807, 2.05) is 7.05 Å². The van der Waals surface area contributed by atoms with Crippen molar-refractivity contribution in [2.75, 3.05) is 18.4 Å². The zero-order valence-electron chi connectivity index (χ0n) is 24.3. The number of aromatic nitrogens is 5. The average molecular weight is 573 g/mol. The molecule has 15 heteroatoms. The monoisotopic (exact) mass is 572 g/mol. The fourth-order valence-corrected chi connectivity index (χ4v) is 4.01. The van der Waals surface area contributed by atoms with Gasteiger partial charge in [0.1, 0.15) is 11.3 Å². The lowest BCUT2D eigenvalue weighted by Crippen LogP contribution is -2.34. The van der Waals surface area contributed by atoms with Crippen LogP contribution in [0.4, 0.5) is 16.4 Å². The summed E-state index contributed by atoms with van der Waals surface area (Å²) in [5.74, 6) is -0.986. The van der Waals surface area contributed by atoms with Crippen molar-refractivity contribution in [3.8, 4) is 0 Å². The fourth-order valence-electron chi connectivity index (χ4n) is 4.01. The van der Waals surface area contributed by atoms with Gasteiger partial charge in [-0.3, -0.25) is 4.79 Å². The van der Waals surface area contributed by atoms with Gasteiger partial charge < -0.3 is 51.0 Å². The Morgan fingerprint density at radius 2 is 1.51 bits per heavy atom. The van der Waals surface area contributed by atoms with Crippen LogP contribution in [0.25, 0.3) is 0 Å². The van der Waals surface area contributed by atoms with Gasteiger partial charge in [0.25, 0.3) is 5.91 Å². The van der Waals surface area contributed by atoms with Gasteiger partial charge in [-0.1, -0.05) is 0 Å². The molecule has 2 amide bonds. The lowest BCUT2D eigenvalue weighted by Gasteiger charge is -2.20. The number of nitrogens with one attached hydrogen (secondary N) is 3. The van der Waals surface area contributed by atoms with Gasteiger partial charge in [-0.25, -0.2) is 19.6 Å². The number of hydrogen-bond acceptors (Lipinski definition) is 9. The molecular weight excluding hydrogens is 532 g/mol. The van der Waals surface area contributed by atoms with Gasteiger partial charge in [0.15, 0.2) is 0 Å². The Bertz CT molecular complexity index is 1380. The van der Waals surface area contributed by atoms with Gasteiger partial charge >= 0.3 is 12.1 Å². The molecule has 3 aromatic heterocycles. The molecule has 0 aliphatic rings. The van der Waals surface area contributed by atoms with Crippen molar-refractivity contribution in [2.24, 2.45) is 32.6 Å². The van der Waals surface area contributed by atoms with Crippen molar-refractivity contribution >= 4 is 29.6 Å². The second-order valence-corrected chi connectivity index (χ2v) is 10.8. The molecule has 3 heterocycles. The summed E-state index contributed by atoms with van der Waals surface area (Å²) >= 11 is 0. The van der Waals surface area contributed by atoms with Crippen LogP contribution in [0.2, 0.25) is 0 Å². The second kappa shape index (κ2) is 12.9. The minimum absolute atomic E-state index is 0.0969. The molecule has 0 aromatic carbocycles. The topological polar surface area (TPSA) is 209 Å². The number of alkyl carbamates (subject to hydrolysis) is 1. The van der Waals surface area contributed by atoms with Gasteiger partial charge in [0.05, 0.1) is 29.2 Å². The standard InChI is InChI=1S/C26H40N10O5/c1-26(2,3)41-25(40)30-10-8-17(28)19-14-36(6)24(33-19)31-15-11-20(34(4)12-15)22(37)29-9-7-16(27)18-13-35(5)21(32-18)23(38)39/h11-14,16-17H,7-10,27-28H2,1-6H3,(H,29,37)(H,30,40)(H,31,33)(H,38,39). The summed E-state index contributed by atoms with van der Waals surface area (Å²) in [6.07, 6.45) is 5.49. The first-order chi connectivity index (χ1) is 19.1. The van der Waals surface area contributed by atoms with E-state index in [0.717, 1.165) is 0 Å². The van der Waals surface area contributed by atoms with Crippen LogP contribution in [0, 0.1) is 0 Å². The predicted molar refractivity (Wildman–Crippen MR) is 152 cm³/mol. The number of aryl methyl sites for hydroxylation is 3. The highest BCUT2D eigenvalue weighted by Gasteiger charge is 2.19. The smallest absolute Gasteiger partial charge is 0.407 e. The molecular formula is C26H40N10O5. The third-order valence-electron chi connectivity index (χ3n) is 6.10. The van der Waals surface area contributed by atoms with Crippen LogP contribution in [-0.4, -0.2) is 65.4 Å². The Hall–Kier alpha value is -4.37. The minimum Gasteiger partial charge on any atom is -0.475 e. The normalized spacial score (nSPS) is 13.0. The van der Waals surface area contributed by atoms with Crippen LogP contribution in [0.1, 0.15) is 78.2 Å². The average Bonchev–Trinajstić information content (AvgIpc) is 3.54. The number of imidazole rings is 2. The Balaban J connectivity index is 1.52. The highest BCUT2D eigenvalue weighted by Crippen LogP contribution is 2.21. The maximum atomic E-state index is 12.8. The van der Waals surface area contributed by atoms with E-state index >= 15 is 0 Å². The van der Waals surface area contributed by atoms with Gasteiger partial charge in [-0.2, -0.15) is 0 Å². The Morgan fingerprint density at radius 1 is 0.927 bits per heavy atom. The summed E-state index contributed by atoms with van der Waals surface area (Å²) in [6.45, 7) is 6.00. The number of amides is 2. The molecule has 0 saturated carbocycles. The van der Waals surface area contributed by atoms with Crippen molar-refractivity contribution in [1.29, 1.82) is 0 Å². The van der Waals surface area contributed by atoms with Gasteiger partial charge in [0, 0.05) is 52.8 Å². The molecule has 0 spiro atoms. The fraction of sp³-hybridized carbons (Fsp3) is 0.500. The first-order valence-electron chi connectivity index (χ1n) is 13.1. The Morgan fingerprint density at radius 3 is 2.10 bits per heavy atom. The van der Waals surface area contributed by atoms with Gasteiger partial charge in [-0.15, -0.1) is 0 Å². The van der Waals surface area contributed by atoms with E-state index in [4.69, 9.17) is 21.3 Å². The lowest BCUT2D eigenvalue weighted by molar-refractivity contribution is 0.0525. The lowest BCUT2D eigenvalue weighted by atomic mass is 10.1. The maximum absolute atomic E-state index is 12.8. The number of carbonyl (C=O) groups is 3. The van der Waals surface area contributed by atoms with E-state index in [9.17, 15) is 14.4 Å². The summed E-state index contributed by atoms with van der Waals surface area (Å²) in [7, 11) is 5.16. The van der Waals surface area contributed by atoms with Crippen LogP contribution >= 0.6 is 0 Å². The molecule has 224 valence electrons. The number of carboxylic acid groups (broad SMARTS) is 1. The van der Waals surface area contributed by atoms with Crippen LogP contribution in [0.15, 0.2) is 24.7 Å². The molecule has 15 nitrogen and oxygen atoms in total. The van der Waals surface area contributed by atoms with Crippen LogP contribution in [0.3, 0.4) is 0 Å². The van der Waals surface area contributed by atoms with E-state index in [2.05, 4.69) is 25.9 Å². The molecule has 2 atom stereocenters. The SMILES string of the molecule is Cn1cc(Nc2nc(C(N)CCNC(=O)OC(C)(C)C)cn2C)cc1C(=O)NCCC(N)c1cn(C)c(C(=O)O)n1. The van der Waals surface area contributed by atoms with Gasteiger partial charge in [0.2, 0.25) is 11.8 Å². The second-order valence-electron chi connectivity index (χ2n) is 10.8. The maximum Gasteiger partial charge on any atom is 0.407 e. The first kappa shape index (κ1) is 31.2. The van der Waals surface area contributed by atoms with Crippen LogP contribution < -0.4 is 27.4 Å². The molecule has 3 rings (SSSR count). The summed E-state index contributed by atoms with van der Waals surface area (Å²) in [5.41, 5.74) is 14.0. The highest BCUT2D eigenvalue weighted by molar-refractivity contribution is 5.94. The molecule has 0 aliphatic heterocycles. The third-order valence-corrected chi connectivity index (χ3v) is 6.10. The van der Waals surface area contributed by atoms with E-state index in [1.54, 1.807) is 68.7 Å². The molecule has 0 bridgehead atoms. The number of anilines is 2. The third kappa shape index (κ3) is 8.56. The number of carboxylic acids is 1. The van der Waals surface area contributed by atoms with E-state index in [-0.39, 0.29) is 18.3 Å². The molecule has 0 aliphatic carbocycles. The number of hydrogen-bond donors (Lipinski definition) is 6. The van der Waals surface area contributed by atoms with E-state index < -0.39 is 29.7 Å². The number of ether oxygens (including phenoxy) is 1. The van der Waals surface area contributed by atoms with Crippen molar-refractivity contribution in [1.82, 2.24) is 34.3 Å². The Labute approximate surface area is 238 Å². The number of carbonyl (C=O) groups excluding carboxylic acids is 2. The Kier molecular flexibility index (Phi) is 9.78. The largest absolute Gasteiger partial charge is 0.475 e. The number of nitrogens with two attached hydrogens (primary N) is 2.